The van der Waals surface area contributed by atoms with Gasteiger partial charge in [0.25, 0.3) is 6.43 Å². The molecule has 0 radical (unpaired) electrons. The van der Waals surface area contributed by atoms with Crippen LogP contribution in [0.5, 0.6) is 0 Å². The van der Waals surface area contributed by atoms with Crippen molar-refractivity contribution in [2.75, 3.05) is 0 Å². The Kier molecular flexibility index (Phi) is 3.83. The summed E-state index contributed by atoms with van der Waals surface area (Å²) in [7, 11) is 0. The number of halogens is 3. The van der Waals surface area contributed by atoms with E-state index < -0.39 is 36.7 Å². The number of rotatable bonds is 4. The van der Waals surface area contributed by atoms with Crippen LogP contribution in [0.25, 0.3) is 0 Å². The third-order valence-electron chi connectivity index (χ3n) is 2.00. The first kappa shape index (κ1) is 12.4. The Bertz CT molecular complexity index is 410. The van der Waals surface area contributed by atoms with Crippen molar-refractivity contribution in [2.24, 2.45) is 5.73 Å². The summed E-state index contributed by atoms with van der Waals surface area (Å²) in [4.78, 5) is 13.8. The Morgan fingerprint density at radius 1 is 1.56 bits per heavy atom. The zero-order chi connectivity index (χ0) is 12.3. The quantitative estimate of drug-likeness (QED) is 0.821. The molecule has 0 amide bonds. The van der Waals surface area contributed by atoms with Crippen molar-refractivity contribution in [3.05, 3.63) is 28.8 Å². The monoisotopic (exact) mass is 234 g/mol. The zero-order valence-corrected chi connectivity index (χ0v) is 8.08. The van der Waals surface area contributed by atoms with Crippen LogP contribution < -0.4 is 5.73 Å². The van der Waals surface area contributed by atoms with E-state index in [4.69, 9.17) is 10.8 Å². The van der Waals surface area contributed by atoms with E-state index in [0.29, 0.717) is 6.20 Å². The van der Waals surface area contributed by atoms with Crippen molar-refractivity contribution < 1.29 is 23.1 Å². The average Bonchev–Trinajstić information content (AvgIpc) is 2.18. The fourth-order valence-electron chi connectivity index (χ4n) is 1.33. The fraction of sp³-hybridized carbons (Fsp3) is 0.333. The Morgan fingerprint density at radius 3 is 2.62 bits per heavy atom. The molecule has 0 atom stereocenters. The lowest BCUT2D eigenvalue weighted by Gasteiger charge is -2.11. The van der Waals surface area contributed by atoms with Crippen molar-refractivity contribution >= 4 is 5.97 Å². The summed E-state index contributed by atoms with van der Waals surface area (Å²) in [5, 5.41) is 8.50. The standard InChI is InChI=1S/C9H9F3N2O2/c10-5-3-14-6(1-7(15)16)8(9(11)12)4(5)2-13/h3,9H,1-2,13H2,(H,15,16). The molecule has 0 unspecified atom stereocenters. The lowest BCUT2D eigenvalue weighted by Crippen LogP contribution is -2.13. The molecular formula is C9H9F3N2O2. The van der Waals surface area contributed by atoms with Gasteiger partial charge in [-0.3, -0.25) is 9.78 Å². The summed E-state index contributed by atoms with van der Waals surface area (Å²) in [6.07, 6.45) is -2.99. The average molecular weight is 234 g/mol. The molecule has 3 N–H and O–H groups in total. The normalized spacial score (nSPS) is 10.8. The van der Waals surface area contributed by atoms with E-state index in [9.17, 15) is 18.0 Å². The maximum absolute atomic E-state index is 13.1. The van der Waals surface area contributed by atoms with Crippen molar-refractivity contribution in [1.29, 1.82) is 0 Å². The van der Waals surface area contributed by atoms with Crippen LogP contribution >= 0.6 is 0 Å². The number of alkyl halides is 2. The Balaban J connectivity index is 3.32. The predicted molar refractivity (Wildman–Crippen MR) is 48.4 cm³/mol. The lowest BCUT2D eigenvalue weighted by molar-refractivity contribution is -0.136. The molecule has 0 aliphatic rings. The second-order valence-electron chi connectivity index (χ2n) is 3.02. The minimum absolute atomic E-state index is 0.357. The highest BCUT2D eigenvalue weighted by molar-refractivity contribution is 5.70. The molecule has 0 aliphatic carbocycles. The molecule has 7 heteroatoms. The number of aliphatic carboxylic acids is 1. The van der Waals surface area contributed by atoms with Crippen molar-refractivity contribution in [3.8, 4) is 0 Å². The second-order valence-corrected chi connectivity index (χ2v) is 3.02. The number of carboxylic acid groups (broad SMARTS) is 1. The van der Waals surface area contributed by atoms with Crippen LogP contribution in [0, 0.1) is 5.82 Å². The Hall–Kier alpha value is -1.63. The molecule has 4 nitrogen and oxygen atoms in total. The minimum atomic E-state index is -3.00. The number of aromatic nitrogens is 1. The SMILES string of the molecule is NCc1c(F)cnc(CC(=O)O)c1C(F)F. The van der Waals surface area contributed by atoms with Gasteiger partial charge >= 0.3 is 5.97 Å². The van der Waals surface area contributed by atoms with Crippen LogP contribution in [-0.2, 0) is 17.8 Å². The summed E-state index contributed by atoms with van der Waals surface area (Å²) in [5.74, 6) is -2.27. The van der Waals surface area contributed by atoms with Gasteiger partial charge in [0.15, 0.2) is 0 Å². The Morgan fingerprint density at radius 2 is 2.19 bits per heavy atom. The number of nitrogens with zero attached hydrogens (tertiary/aromatic N) is 1. The van der Waals surface area contributed by atoms with E-state index in [1.807, 2.05) is 0 Å². The lowest BCUT2D eigenvalue weighted by atomic mass is 10.0. The minimum Gasteiger partial charge on any atom is -0.481 e. The molecule has 88 valence electrons. The Labute approximate surface area is 88.9 Å². The van der Waals surface area contributed by atoms with Crippen LogP contribution in [0.2, 0.25) is 0 Å². The molecule has 1 aromatic heterocycles. The third kappa shape index (κ3) is 2.48. The topological polar surface area (TPSA) is 76.2 Å². The summed E-state index contributed by atoms with van der Waals surface area (Å²) in [6, 6.07) is 0. The molecule has 0 saturated heterocycles. The van der Waals surface area contributed by atoms with Crippen molar-refractivity contribution in [1.82, 2.24) is 4.98 Å². The first-order valence-electron chi connectivity index (χ1n) is 4.33. The van der Waals surface area contributed by atoms with Gasteiger partial charge in [-0.25, -0.2) is 13.2 Å². The highest BCUT2D eigenvalue weighted by atomic mass is 19.3. The van der Waals surface area contributed by atoms with E-state index >= 15 is 0 Å². The molecule has 0 bridgehead atoms. The summed E-state index contributed by atoms with van der Waals surface area (Å²) < 4.78 is 38.4. The third-order valence-corrected chi connectivity index (χ3v) is 2.00. The van der Waals surface area contributed by atoms with E-state index in [1.165, 1.54) is 0 Å². The number of carboxylic acids is 1. The first-order chi connectivity index (χ1) is 7.47. The van der Waals surface area contributed by atoms with Crippen LogP contribution in [0.15, 0.2) is 6.20 Å². The first-order valence-corrected chi connectivity index (χ1v) is 4.33. The largest absolute Gasteiger partial charge is 0.481 e. The maximum atomic E-state index is 13.1. The van der Waals surface area contributed by atoms with E-state index in [1.54, 1.807) is 0 Å². The number of hydrogen-bond acceptors (Lipinski definition) is 3. The molecule has 0 aromatic carbocycles. The van der Waals surface area contributed by atoms with Crippen LogP contribution in [0.1, 0.15) is 23.2 Å². The van der Waals surface area contributed by atoms with Gasteiger partial charge in [-0.2, -0.15) is 0 Å². The predicted octanol–water partition coefficient (Wildman–Crippen LogP) is 1.24. The van der Waals surface area contributed by atoms with Gasteiger partial charge in [0.1, 0.15) is 5.82 Å². The van der Waals surface area contributed by atoms with Crippen LogP contribution in [-0.4, -0.2) is 16.1 Å². The van der Waals surface area contributed by atoms with E-state index in [-0.39, 0.29) is 11.3 Å². The highest BCUT2D eigenvalue weighted by Gasteiger charge is 2.22. The number of hydrogen-bond donors (Lipinski definition) is 2. The molecule has 1 heterocycles. The van der Waals surface area contributed by atoms with Gasteiger partial charge in [-0.1, -0.05) is 0 Å². The number of carbonyl (C=O) groups is 1. The van der Waals surface area contributed by atoms with Gasteiger partial charge in [-0.15, -0.1) is 0 Å². The van der Waals surface area contributed by atoms with Crippen molar-refractivity contribution in [2.45, 2.75) is 19.4 Å². The van der Waals surface area contributed by atoms with Crippen LogP contribution in [0.3, 0.4) is 0 Å². The summed E-state index contributed by atoms with van der Waals surface area (Å²) in [5.41, 5.74) is 3.68. The smallest absolute Gasteiger partial charge is 0.309 e. The fourth-order valence-corrected chi connectivity index (χ4v) is 1.33. The molecule has 0 saturated carbocycles. The molecule has 0 fully saturated rings. The molecule has 1 rings (SSSR count). The van der Waals surface area contributed by atoms with E-state index in [0.717, 1.165) is 0 Å². The van der Waals surface area contributed by atoms with Crippen LogP contribution in [0.4, 0.5) is 13.2 Å². The second kappa shape index (κ2) is 4.93. The van der Waals surface area contributed by atoms with Gasteiger partial charge in [0.2, 0.25) is 0 Å². The van der Waals surface area contributed by atoms with Gasteiger partial charge in [0.05, 0.1) is 18.3 Å². The summed E-state index contributed by atoms with van der Waals surface area (Å²) >= 11 is 0. The molecule has 16 heavy (non-hydrogen) atoms. The molecule has 1 aromatic rings. The van der Waals surface area contributed by atoms with Gasteiger partial charge < -0.3 is 10.8 Å². The number of nitrogens with two attached hydrogens (primary N) is 1. The molecule has 0 spiro atoms. The maximum Gasteiger partial charge on any atom is 0.309 e. The van der Waals surface area contributed by atoms with E-state index in [2.05, 4.69) is 4.98 Å². The molecule has 0 aliphatic heterocycles. The number of pyridine rings is 1. The van der Waals surface area contributed by atoms with Gasteiger partial charge in [0, 0.05) is 17.7 Å². The summed E-state index contributed by atoms with van der Waals surface area (Å²) in [6.45, 7) is -0.430. The zero-order valence-electron chi connectivity index (χ0n) is 8.08. The molecular weight excluding hydrogens is 225 g/mol. The van der Waals surface area contributed by atoms with Gasteiger partial charge in [-0.05, 0) is 0 Å². The highest BCUT2D eigenvalue weighted by Crippen LogP contribution is 2.27. The van der Waals surface area contributed by atoms with Crippen molar-refractivity contribution in [3.63, 3.8) is 0 Å².